The van der Waals surface area contributed by atoms with Gasteiger partial charge in [0.25, 0.3) is 5.91 Å². The molecule has 2 aliphatic rings. The third kappa shape index (κ3) is 4.23. The van der Waals surface area contributed by atoms with Crippen LogP contribution in [0, 0.1) is 0 Å². The lowest BCUT2D eigenvalue weighted by atomic mass is 10.1. The number of benzene rings is 2. The van der Waals surface area contributed by atoms with Gasteiger partial charge in [-0.15, -0.1) is 11.3 Å². The fourth-order valence-corrected chi connectivity index (χ4v) is 4.97. The number of halogens is 2. The summed E-state index contributed by atoms with van der Waals surface area (Å²) in [5, 5.41) is 3.54. The predicted molar refractivity (Wildman–Crippen MR) is 121 cm³/mol. The van der Waals surface area contributed by atoms with Crippen LogP contribution < -0.4 is 14.4 Å². The number of hydrogen-bond acceptors (Lipinski definition) is 6. The first kappa shape index (κ1) is 20.6. The van der Waals surface area contributed by atoms with Gasteiger partial charge in [0.15, 0.2) is 16.6 Å². The molecule has 1 atom stereocenters. The molecule has 9 heteroatoms. The highest BCUT2D eigenvalue weighted by molar-refractivity contribution is 7.14. The lowest BCUT2D eigenvalue weighted by molar-refractivity contribution is 0.0917. The van der Waals surface area contributed by atoms with Gasteiger partial charge in [0.2, 0.25) is 6.79 Å². The third-order valence-electron chi connectivity index (χ3n) is 5.20. The van der Waals surface area contributed by atoms with Crippen LogP contribution in [0.15, 0.2) is 41.8 Å². The van der Waals surface area contributed by atoms with Crippen molar-refractivity contribution < 1.29 is 19.0 Å². The molecular formula is C22H18Cl2N2O4S. The molecule has 2 aliphatic heterocycles. The second-order valence-electron chi connectivity index (χ2n) is 7.26. The Hall–Kier alpha value is -2.32. The Balaban J connectivity index is 1.47. The molecule has 0 bridgehead atoms. The summed E-state index contributed by atoms with van der Waals surface area (Å²) < 4.78 is 16.6. The van der Waals surface area contributed by atoms with Gasteiger partial charge in [-0.3, -0.25) is 9.69 Å². The highest BCUT2D eigenvalue weighted by atomic mass is 35.5. The lowest BCUT2D eigenvalue weighted by Gasteiger charge is -2.23. The molecule has 3 heterocycles. The molecule has 1 aromatic heterocycles. The molecule has 160 valence electrons. The number of ether oxygens (including phenoxy) is 3. The SMILES string of the molecule is O=C(c1ccc2c(c1)OCO2)N(CC1CCCO1)c1nc(-c2ccc(Cl)cc2Cl)cs1. The predicted octanol–water partition coefficient (Wildman–Crippen LogP) is 5.67. The van der Waals surface area contributed by atoms with E-state index < -0.39 is 0 Å². The van der Waals surface area contributed by atoms with E-state index in [0.717, 1.165) is 18.4 Å². The van der Waals surface area contributed by atoms with E-state index in [9.17, 15) is 4.79 Å². The standard InChI is InChI=1S/C22H18Cl2N2O4S/c23-14-4-5-16(17(24)9-14)18-11-31-22(25-18)26(10-15-2-1-7-28-15)21(27)13-3-6-19-20(8-13)30-12-29-19/h3-6,8-9,11,15H,1-2,7,10,12H2. The quantitative estimate of drug-likeness (QED) is 0.474. The summed E-state index contributed by atoms with van der Waals surface area (Å²) in [5.74, 6) is 1.03. The van der Waals surface area contributed by atoms with Crippen molar-refractivity contribution in [2.75, 3.05) is 24.8 Å². The van der Waals surface area contributed by atoms with Gasteiger partial charge >= 0.3 is 0 Å². The molecule has 0 spiro atoms. The zero-order valence-electron chi connectivity index (χ0n) is 16.3. The number of nitrogens with zero attached hydrogens (tertiary/aromatic N) is 2. The van der Waals surface area contributed by atoms with E-state index in [1.54, 1.807) is 35.2 Å². The van der Waals surface area contributed by atoms with Crippen LogP contribution in [0.25, 0.3) is 11.3 Å². The van der Waals surface area contributed by atoms with Crippen LogP contribution >= 0.6 is 34.5 Å². The van der Waals surface area contributed by atoms with E-state index in [1.807, 2.05) is 11.4 Å². The number of thiazole rings is 1. The van der Waals surface area contributed by atoms with E-state index in [2.05, 4.69) is 0 Å². The fraction of sp³-hybridized carbons (Fsp3) is 0.273. The molecule has 6 nitrogen and oxygen atoms in total. The highest BCUT2D eigenvalue weighted by Crippen LogP contribution is 2.36. The van der Waals surface area contributed by atoms with Gasteiger partial charge in [-0.2, -0.15) is 0 Å². The van der Waals surface area contributed by atoms with Crippen molar-refractivity contribution >= 4 is 45.6 Å². The summed E-state index contributed by atoms with van der Waals surface area (Å²) in [7, 11) is 0. The van der Waals surface area contributed by atoms with Crippen LogP contribution in [0.4, 0.5) is 5.13 Å². The molecule has 2 aromatic carbocycles. The topological polar surface area (TPSA) is 60.9 Å². The minimum atomic E-state index is -0.170. The Morgan fingerprint density at radius 2 is 2.03 bits per heavy atom. The zero-order valence-corrected chi connectivity index (χ0v) is 18.7. The summed E-state index contributed by atoms with van der Waals surface area (Å²) >= 11 is 13.8. The van der Waals surface area contributed by atoms with Gasteiger partial charge in [0, 0.05) is 28.1 Å². The molecule has 1 fully saturated rings. The summed E-state index contributed by atoms with van der Waals surface area (Å²) in [6, 6.07) is 10.5. The zero-order chi connectivity index (χ0) is 21.4. The molecule has 0 radical (unpaired) electrons. The minimum Gasteiger partial charge on any atom is -0.454 e. The van der Waals surface area contributed by atoms with Crippen LogP contribution in [0.2, 0.25) is 10.0 Å². The molecule has 0 N–H and O–H groups in total. The average Bonchev–Trinajstić information content (AvgIpc) is 3.52. The Kier molecular flexibility index (Phi) is 5.75. The number of aromatic nitrogens is 1. The van der Waals surface area contributed by atoms with Gasteiger partial charge < -0.3 is 14.2 Å². The number of rotatable bonds is 5. The monoisotopic (exact) mass is 476 g/mol. The Labute approximate surface area is 193 Å². The fourth-order valence-electron chi connectivity index (χ4n) is 3.63. The molecule has 0 saturated carbocycles. The molecular weight excluding hydrogens is 459 g/mol. The normalized spacial score (nSPS) is 17.2. The maximum atomic E-state index is 13.5. The smallest absolute Gasteiger partial charge is 0.260 e. The van der Waals surface area contributed by atoms with Crippen molar-refractivity contribution in [3.63, 3.8) is 0 Å². The third-order valence-corrected chi connectivity index (χ3v) is 6.62. The number of fused-ring (bicyclic) bond motifs is 1. The van der Waals surface area contributed by atoms with Crippen molar-refractivity contribution in [3.05, 3.63) is 57.4 Å². The van der Waals surface area contributed by atoms with Crippen molar-refractivity contribution in [2.45, 2.75) is 18.9 Å². The van der Waals surface area contributed by atoms with E-state index in [1.165, 1.54) is 11.3 Å². The Bertz CT molecular complexity index is 1130. The molecule has 31 heavy (non-hydrogen) atoms. The number of anilines is 1. The molecule has 1 unspecified atom stereocenters. The van der Waals surface area contributed by atoms with Crippen molar-refractivity contribution in [1.82, 2.24) is 4.98 Å². The van der Waals surface area contributed by atoms with Crippen LogP contribution in [0.1, 0.15) is 23.2 Å². The van der Waals surface area contributed by atoms with E-state index in [4.69, 9.17) is 42.4 Å². The minimum absolute atomic E-state index is 0.0237. The van der Waals surface area contributed by atoms with E-state index >= 15 is 0 Å². The molecule has 5 rings (SSSR count). The summed E-state index contributed by atoms with van der Waals surface area (Å²) in [4.78, 5) is 19.9. The Morgan fingerprint density at radius 3 is 2.84 bits per heavy atom. The summed E-state index contributed by atoms with van der Waals surface area (Å²) in [6.45, 7) is 1.29. The number of carbonyl (C=O) groups is 1. The largest absolute Gasteiger partial charge is 0.454 e. The van der Waals surface area contributed by atoms with E-state index in [-0.39, 0.29) is 18.8 Å². The average molecular weight is 477 g/mol. The maximum absolute atomic E-state index is 13.5. The molecule has 1 amide bonds. The highest BCUT2D eigenvalue weighted by Gasteiger charge is 2.28. The molecule has 1 saturated heterocycles. The van der Waals surface area contributed by atoms with Gasteiger partial charge in [-0.1, -0.05) is 23.2 Å². The number of carbonyl (C=O) groups excluding carboxylic acids is 1. The maximum Gasteiger partial charge on any atom is 0.260 e. The molecule has 0 aliphatic carbocycles. The Morgan fingerprint density at radius 1 is 1.16 bits per heavy atom. The lowest BCUT2D eigenvalue weighted by Crippen LogP contribution is -2.37. The first-order valence-corrected chi connectivity index (χ1v) is 11.5. The van der Waals surface area contributed by atoms with Crippen LogP contribution in [-0.4, -0.2) is 36.9 Å². The second kappa shape index (κ2) is 8.67. The number of hydrogen-bond donors (Lipinski definition) is 0. The summed E-state index contributed by atoms with van der Waals surface area (Å²) in [5.41, 5.74) is 1.96. The van der Waals surface area contributed by atoms with Crippen LogP contribution in [0.5, 0.6) is 11.5 Å². The van der Waals surface area contributed by atoms with Gasteiger partial charge in [-0.25, -0.2) is 4.98 Å². The molecule has 3 aromatic rings. The van der Waals surface area contributed by atoms with E-state index in [0.29, 0.717) is 51.1 Å². The van der Waals surface area contributed by atoms with Gasteiger partial charge in [0.05, 0.1) is 23.4 Å². The van der Waals surface area contributed by atoms with Gasteiger partial charge in [0.1, 0.15) is 0 Å². The number of amides is 1. The first-order chi connectivity index (χ1) is 15.1. The van der Waals surface area contributed by atoms with Crippen molar-refractivity contribution in [1.29, 1.82) is 0 Å². The first-order valence-electron chi connectivity index (χ1n) is 9.82. The van der Waals surface area contributed by atoms with Crippen molar-refractivity contribution in [3.8, 4) is 22.8 Å². The van der Waals surface area contributed by atoms with Crippen molar-refractivity contribution in [2.24, 2.45) is 0 Å². The van der Waals surface area contributed by atoms with Gasteiger partial charge in [-0.05, 0) is 49.2 Å². The second-order valence-corrected chi connectivity index (χ2v) is 8.94. The van der Waals surface area contributed by atoms with Crippen LogP contribution in [0.3, 0.4) is 0 Å². The summed E-state index contributed by atoms with van der Waals surface area (Å²) in [6.07, 6.45) is 1.87. The van der Waals surface area contributed by atoms with Crippen LogP contribution in [-0.2, 0) is 4.74 Å².